The molecule has 37 heavy (non-hydrogen) atoms. The monoisotopic (exact) mass is 564 g/mol. The number of nitro groups is 1. The van der Waals surface area contributed by atoms with Crippen LogP contribution in [0.15, 0.2) is 75.0 Å². The number of nitrogens with zero attached hydrogens (tertiary/aromatic N) is 4. The summed E-state index contributed by atoms with van der Waals surface area (Å²) < 4.78 is 7.57. The van der Waals surface area contributed by atoms with Crippen LogP contribution in [0.3, 0.4) is 0 Å². The first-order chi connectivity index (χ1) is 17.6. The first-order valence-corrected chi connectivity index (χ1v) is 11.9. The van der Waals surface area contributed by atoms with Gasteiger partial charge in [0.25, 0.3) is 5.56 Å². The van der Waals surface area contributed by atoms with Gasteiger partial charge in [-0.15, -0.1) is 0 Å². The molecule has 0 unspecified atom stereocenters. The van der Waals surface area contributed by atoms with Gasteiger partial charge < -0.3 is 9.84 Å². The smallest absolute Gasteiger partial charge is 0.335 e. The zero-order valence-electron chi connectivity index (χ0n) is 19.8. The molecule has 0 bridgehead atoms. The van der Waals surface area contributed by atoms with E-state index in [1.54, 1.807) is 36.4 Å². The number of carboxylic acids is 1. The Kier molecular flexibility index (Phi) is 7.44. The van der Waals surface area contributed by atoms with E-state index < -0.39 is 10.9 Å². The molecule has 4 aromatic rings. The van der Waals surface area contributed by atoms with Crippen molar-refractivity contribution in [3.8, 4) is 5.75 Å². The highest BCUT2D eigenvalue weighted by molar-refractivity contribution is 9.10. The minimum atomic E-state index is -1.05. The molecule has 0 amide bonds. The van der Waals surface area contributed by atoms with Crippen molar-refractivity contribution >= 4 is 44.7 Å². The number of fused-ring (bicyclic) bond motifs is 1. The van der Waals surface area contributed by atoms with Crippen molar-refractivity contribution in [3.05, 3.63) is 108 Å². The van der Waals surface area contributed by atoms with Crippen LogP contribution >= 0.6 is 15.9 Å². The predicted molar refractivity (Wildman–Crippen MR) is 142 cm³/mol. The Labute approximate surface area is 219 Å². The second kappa shape index (κ2) is 10.7. The molecule has 11 heteroatoms. The molecule has 0 aliphatic heterocycles. The lowest BCUT2D eigenvalue weighted by Crippen LogP contribution is -2.23. The van der Waals surface area contributed by atoms with E-state index >= 15 is 0 Å². The summed E-state index contributed by atoms with van der Waals surface area (Å²) in [6.45, 7) is 3.80. The molecule has 1 aromatic heterocycles. The lowest BCUT2D eigenvalue weighted by atomic mass is 10.1. The number of halogens is 1. The fourth-order valence-corrected chi connectivity index (χ4v) is 3.92. The third-order valence-electron chi connectivity index (χ3n) is 5.45. The maximum absolute atomic E-state index is 13.2. The van der Waals surface area contributed by atoms with Gasteiger partial charge in [0.05, 0.1) is 27.6 Å². The number of carboxylic acid groups (broad SMARTS) is 1. The number of aromatic nitrogens is 2. The molecule has 1 heterocycles. The molecule has 0 saturated carbocycles. The van der Waals surface area contributed by atoms with Crippen molar-refractivity contribution in [2.24, 2.45) is 5.10 Å². The summed E-state index contributed by atoms with van der Waals surface area (Å²) in [7, 11) is 0. The van der Waals surface area contributed by atoms with E-state index in [0.717, 1.165) is 4.47 Å². The molecule has 0 radical (unpaired) electrons. The standard InChI is InChI=1S/C26H21BrN4O6/c1-15(2)24-29-21-9-8-19(27)12-20(21)25(32)30(24)28-13-17-5-10-23(22(11-17)31(35)36)37-14-16-3-6-18(7-4-16)26(33)34/h3-13,15H,14H2,1-2H3,(H,33,34). The van der Waals surface area contributed by atoms with E-state index in [-0.39, 0.29) is 35.1 Å². The first-order valence-electron chi connectivity index (χ1n) is 11.1. The third-order valence-corrected chi connectivity index (χ3v) is 5.94. The van der Waals surface area contributed by atoms with E-state index in [4.69, 9.17) is 9.84 Å². The van der Waals surface area contributed by atoms with Crippen molar-refractivity contribution in [2.75, 3.05) is 0 Å². The van der Waals surface area contributed by atoms with Gasteiger partial charge >= 0.3 is 11.7 Å². The maximum atomic E-state index is 13.2. The Bertz CT molecular complexity index is 1600. The highest BCUT2D eigenvalue weighted by Gasteiger charge is 2.17. The molecule has 188 valence electrons. The zero-order valence-corrected chi connectivity index (χ0v) is 21.4. The van der Waals surface area contributed by atoms with Crippen LogP contribution in [0.2, 0.25) is 0 Å². The summed E-state index contributed by atoms with van der Waals surface area (Å²) in [4.78, 5) is 39.9. The molecule has 10 nitrogen and oxygen atoms in total. The van der Waals surface area contributed by atoms with E-state index in [0.29, 0.717) is 27.9 Å². The Morgan fingerprint density at radius 3 is 2.57 bits per heavy atom. The highest BCUT2D eigenvalue weighted by atomic mass is 79.9. The molecule has 0 aliphatic carbocycles. The normalized spacial score (nSPS) is 11.4. The van der Waals surface area contributed by atoms with Gasteiger partial charge in [-0.2, -0.15) is 9.78 Å². The predicted octanol–water partition coefficient (Wildman–Crippen LogP) is 5.35. The number of rotatable bonds is 8. The van der Waals surface area contributed by atoms with Crippen molar-refractivity contribution in [3.63, 3.8) is 0 Å². The van der Waals surface area contributed by atoms with Gasteiger partial charge in [-0.25, -0.2) is 9.78 Å². The SMILES string of the molecule is CC(C)c1nc2ccc(Br)cc2c(=O)n1N=Cc1ccc(OCc2ccc(C(=O)O)cc2)c([N+](=O)[O-])c1. The van der Waals surface area contributed by atoms with E-state index in [2.05, 4.69) is 26.0 Å². The summed E-state index contributed by atoms with van der Waals surface area (Å²) in [5.74, 6) is -0.649. The first kappa shape index (κ1) is 25.7. The van der Waals surface area contributed by atoms with E-state index in [9.17, 15) is 19.7 Å². The van der Waals surface area contributed by atoms with Crippen LogP contribution in [0, 0.1) is 10.1 Å². The van der Waals surface area contributed by atoms with Crippen LogP contribution in [-0.2, 0) is 6.61 Å². The number of nitro benzene ring substituents is 1. The molecule has 0 fully saturated rings. The minimum absolute atomic E-state index is 0.0135. The van der Waals surface area contributed by atoms with E-state index in [1.807, 2.05) is 13.8 Å². The van der Waals surface area contributed by atoms with E-state index in [1.165, 1.54) is 35.2 Å². The van der Waals surface area contributed by atoms with Gasteiger partial charge in [0.15, 0.2) is 5.75 Å². The molecule has 3 aromatic carbocycles. The Morgan fingerprint density at radius 1 is 1.19 bits per heavy atom. The average Bonchev–Trinajstić information content (AvgIpc) is 2.87. The quantitative estimate of drug-likeness (QED) is 0.173. The summed E-state index contributed by atoms with van der Waals surface area (Å²) in [6.07, 6.45) is 1.36. The van der Waals surface area contributed by atoms with Crippen LogP contribution in [0.5, 0.6) is 5.75 Å². The molecule has 1 N–H and O–H groups in total. The largest absolute Gasteiger partial charge is 0.482 e. The Balaban J connectivity index is 1.63. The summed E-state index contributed by atoms with van der Waals surface area (Å²) in [6, 6.07) is 15.6. The van der Waals surface area contributed by atoms with Crippen LogP contribution in [0.25, 0.3) is 10.9 Å². The molecule has 0 spiro atoms. The lowest BCUT2D eigenvalue weighted by Gasteiger charge is -2.12. The van der Waals surface area contributed by atoms with Crippen LogP contribution < -0.4 is 10.3 Å². The zero-order chi connectivity index (χ0) is 26.7. The summed E-state index contributed by atoms with van der Waals surface area (Å²) in [5, 5.41) is 25.4. The van der Waals surface area contributed by atoms with Gasteiger partial charge in [-0.3, -0.25) is 14.9 Å². The lowest BCUT2D eigenvalue weighted by molar-refractivity contribution is -0.385. The maximum Gasteiger partial charge on any atom is 0.335 e. The topological polar surface area (TPSA) is 137 Å². The summed E-state index contributed by atoms with van der Waals surface area (Å²) >= 11 is 3.37. The van der Waals surface area contributed by atoms with Gasteiger partial charge in [0.2, 0.25) is 0 Å². The Hall–Kier alpha value is -4.38. The average molecular weight is 565 g/mol. The molecule has 0 saturated heterocycles. The number of ether oxygens (including phenoxy) is 1. The van der Waals surface area contributed by atoms with Crippen LogP contribution in [0.4, 0.5) is 5.69 Å². The molecular formula is C26H21BrN4O6. The second-order valence-electron chi connectivity index (χ2n) is 8.42. The van der Waals surface area contributed by atoms with Crippen LogP contribution in [0.1, 0.15) is 47.1 Å². The van der Waals surface area contributed by atoms with Crippen molar-refractivity contribution < 1.29 is 19.6 Å². The number of hydrogen-bond acceptors (Lipinski definition) is 7. The number of hydrogen-bond donors (Lipinski definition) is 1. The van der Waals surface area contributed by atoms with Gasteiger partial charge in [-0.05, 0) is 48.0 Å². The molecule has 4 rings (SSSR count). The molecule has 0 atom stereocenters. The van der Waals surface area contributed by atoms with Gasteiger partial charge in [0, 0.05) is 22.0 Å². The fourth-order valence-electron chi connectivity index (χ4n) is 3.56. The Morgan fingerprint density at radius 2 is 1.92 bits per heavy atom. The van der Waals surface area contributed by atoms with Gasteiger partial charge in [0.1, 0.15) is 12.4 Å². The fraction of sp³-hybridized carbons (Fsp3) is 0.154. The molecular weight excluding hydrogens is 544 g/mol. The molecule has 0 aliphatic rings. The number of carbonyl (C=O) groups is 1. The highest BCUT2D eigenvalue weighted by Crippen LogP contribution is 2.28. The van der Waals surface area contributed by atoms with Crippen molar-refractivity contribution in [2.45, 2.75) is 26.4 Å². The van der Waals surface area contributed by atoms with Gasteiger partial charge in [-0.1, -0.05) is 41.9 Å². The minimum Gasteiger partial charge on any atom is -0.482 e. The van der Waals surface area contributed by atoms with Crippen LogP contribution in [-0.4, -0.2) is 31.9 Å². The third kappa shape index (κ3) is 5.72. The van der Waals surface area contributed by atoms with Crippen molar-refractivity contribution in [1.29, 1.82) is 0 Å². The number of benzene rings is 3. The summed E-state index contributed by atoms with van der Waals surface area (Å²) in [5.41, 5.74) is 1.10. The van der Waals surface area contributed by atoms with Crippen molar-refractivity contribution in [1.82, 2.24) is 9.66 Å². The second-order valence-corrected chi connectivity index (χ2v) is 9.34. The number of aromatic carboxylic acids is 1.